The standard InChI is InChI=1S/C13H17IO/c1-10(2)6-5-9-13(15)11-7-3-4-8-12(11)14/h3-4,7-8,10H,5-6,9H2,1-2H3. The van der Waals surface area contributed by atoms with Crippen molar-refractivity contribution in [2.45, 2.75) is 33.1 Å². The summed E-state index contributed by atoms with van der Waals surface area (Å²) in [4.78, 5) is 11.8. The molecule has 0 aromatic heterocycles. The molecule has 0 saturated carbocycles. The Morgan fingerprint density at radius 1 is 1.33 bits per heavy atom. The molecule has 1 aromatic rings. The number of halogens is 1. The maximum atomic E-state index is 11.8. The highest BCUT2D eigenvalue weighted by atomic mass is 127. The van der Waals surface area contributed by atoms with Crippen molar-refractivity contribution in [3.63, 3.8) is 0 Å². The van der Waals surface area contributed by atoms with Crippen molar-refractivity contribution in [3.8, 4) is 0 Å². The third-order valence-corrected chi connectivity index (χ3v) is 3.30. The van der Waals surface area contributed by atoms with Gasteiger partial charge in [-0.05, 0) is 41.0 Å². The van der Waals surface area contributed by atoms with Gasteiger partial charge in [-0.15, -0.1) is 0 Å². The second-order valence-electron chi connectivity index (χ2n) is 4.19. The van der Waals surface area contributed by atoms with Gasteiger partial charge in [0.15, 0.2) is 5.78 Å². The van der Waals surface area contributed by atoms with Gasteiger partial charge in [0.05, 0.1) is 0 Å². The first-order chi connectivity index (χ1) is 7.11. The zero-order valence-corrected chi connectivity index (χ0v) is 11.5. The van der Waals surface area contributed by atoms with Crippen LogP contribution in [0, 0.1) is 9.49 Å². The van der Waals surface area contributed by atoms with Crippen molar-refractivity contribution >= 4 is 28.4 Å². The lowest BCUT2D eigenvalue weighted by Crippen LogP contribution is -2.02. The van der Waals surface area contributed by atoms with Crippen molar-refractivity contribution in [2.24, 2.45) is 5.92 Å². The first-order valence-corrected chi connectivity index (χ1v) is 6.47. The Kier molecular flexibility index (Phi) is 5.29. The zero-order valence-electron chi connectivity index (χ0n) is 9.29. The molecule has 0 N–H and O–H groups in total. The Bertz CT molecular complexity index is 331. The fourth-order valence-electron chi connectivity index (χ4n) is 1.49. The number of carbonyl (C=O) groups is 1. The first kappa shape index (κ1) is 12.7. The third-order valence-electron chi connectivity index (χ3n) is 2.36. The molecule has 0 saturated heterocycles. The van der Waals surface area contributed by atoms with Gasteiger partial charge in [0.25, 0.3) is 0 Å². The average molecular weight is 316 g/mol. The minimum absolute atomic E-state index is 0.278. The van der Waals surface area contributed by atoms with Gasteiger partial charge in [-0.1, -0.05) is 38.5 Å². The Labute approximate surface area is 105 Å². The highest BCUT2D eigenvalue weighted by Gasteiger charge is 2.08. The normalized spacial score (nSPS) is 10.7. The largest absolute Gasteiger partial charge is 0.294 e. The molecule has 1 aromatic carbocycles. The van der Waals surface area contributed by atoms with Crippen molar-refractivity contribution in [3.05, 3.63) is 33.4 Å². The van der Waals surface area contributed by atoms with E-state index in [9.17, 15) is 4.79 Å². The SMILES string of the molecule is CC(C)CCCC(=O)c1ccccc1I. The Balaban J connectivity index is 2.51. The predicted octanol–water partition coefficient (Wildman–Crippen LogP) is 4.30. The molecule has 1 nitrogen and oxygen atoms in total. The Morgan fingerprint density at radius 3 is 2.60 bits per heavy atom. The monoisotopic (exact) mass is 316 g/mol. The molecule has 0 bridgehead atoms. The third kappa shape index (κ3) is 4.33. The molecule has 0 aliphatic carbocycles. The van der Waals surface area contributed by atoms with E-state index in [1.807, 2.05) is 24.3 Å². The lowest BCUT2D eigenvalue weighted by atomic mass is 10.0. The summed E-state index contributed by atoms with van der Waals surface area (Å²) in [5, 5.41) is 0. The van der Waals surface area contributed by atoms with Gasteiger partial charge in [-0.3, -0.25) is 4.79 Å². The fourth-order valence-corrected chi connectivity index (χ4v) is 2.18. The average Bonchev–Trinajstić information content (AvgIpc) is 2.17. The van der Waals surface area contributed by atoms with Crippen LogP contribution in [0.2, 0.25) is 0 Å². The van der Waals surface area contributed by atoms with Crippen molar-refractivity contribution in [1.82, 2.24) is 0 Å². The van der Waals surface area contributed by atoms with Gasteiger partial charge in [0.2, 0.25) is 0 Å². The second-order valence-corrected chi connectivity index (χ2v) is 5.35. The van der Waals surface area contributed by atoms with Gasteiger partial charge in [0, 0.05) is 15.6 Å². The smallest absolute Gasteiger partial charge is 0.163 e. The topological polar surface area (TPSA) is 17.1 Å². The summed E-state index contributed by atoms with van der Waals surface area (Å²) in [6.45, 7) is 4.38. The minimum Gasteiger partial charge on any atom is -0.294 e. The quantitative estimate of drug-likeness (QED) is 0.585. The highest BCUT2D eigenvalue weighted by Crippen LogP contribution is 2.16. The summed E-state index contributed by atoms with van der Waals surface area (Å²) in [6, 6.07) is 7.79. The predicted molar refractivity (Wildman–Crippen MR) is 72.2 cm³/mol. The van der Waals surface area contributed by atoms with Gasteiger partial charge in [-0.2, -0.15) is 0 Å². The van der Waals surface area contributed by atoms with Crippen LogP contribution in [0.4, 0.5) is 0 Å². The molecule has 15 heavy (non-hydrogen) atoms. The molecule has 2 heteroatoms. The summed E-state index contributed by atoms with van der Waals surface area (Å²) in [5.41, 5.74) is 0.877. The minimum atomic E-state index is 0.278. The molecule has 0 radical (unpaired) electrons. The van der Waals surface area contributed by atoms with Crippen LogP contribution >= 0.6 is 22.6 Å². The summed E-state index contributed by atoms with van der Waals surface area (Å²) in [7, 11) is 0. The molecular weight excluding hydrogens is 299 g/mol. The second kappa shape index (κ2) is 6.26. The molecule has 0 heterocycles. The van der Waals surface area contributed by atoms with Gasteiger partial charge >= 0.3 is 0 Å². The van der Waals surface area contributed by atoms with Gasteiger partial charge in [-0.25, -0.2) is 0 Å². The van der Waals surface area contributed by atoms with E-state index in [1.54, 1.807) is 0 Å². The first-order valence-electron chi connectivity index (χ1n) is 5.39. The Hall–Kier alpha value is -0.380. The van der Waals surface area contributed by atoms with Gasteiger partial charge < -0.3 is 0 Å². The summed E-state index contributed by atoms with van der Waals surface area (Å²) in [5.74, 6) is 0.966. The van der Waals surface area contributed by atoms with E-state index in [4.69, 9.17) is 0 Å². The molecule has 0 aliphatic heterocycles. The van der Waals surface area contributed by atoms with Crippen LogP contribution in [-0.4, -0.2) is 5.78 Å². The maximum Gasteiger partial charge on any atom is 0.163 e. The van der Waals surface area contributed by atoms with E-state index in [1.165, 1.54) is 0 Å². The molecule has 82 valence electrons. The molecular formula is C13H17IO. The molecule has 0 unspecified atom stereocenters. The maximum absolute atomic E-state index is 11.8. The van der Waals surface area contributed by atoms with Crippen LogP contribution in [0.15, 0.2) is 24.3 Å². The molecule has 1 rings (SSSR count). The number of carbonyl (C=O) groups excluding carboxylic acids is 1. The number of hydrogen-bond donors (Lipinski definition) is 0. The van der Waals surface area contributed by atoms with Gasteiger partial charge in [0.1, 0.15) is 0 Å². The number of ketones is 1. The molecule has 0 amide bonds. The van der Waals surface area contributed by atoms with Crippen LogP contribution < -0.4 is 0 Å². The van der Waals surface area contributed by atoms with Crippen molar-refractivity contribution < 1.29 is 4.79 Å². The summed E-state index contributed by atoms with van der Waals surface area (Å²) >= 11 is 2.22. The lowest BCUT2D eigenvalue weighted by Gasteiger charge is -2.05. The van der Waals surface area contributed by atoms with E-state index in [0.29, 0.717) is 12.3 Å². The fraction of sp³-hybridized carbons (Fsp3) is 0.462. The molecule has 0 atom stereocenters. The van der Waals surface area contributed by atoms with Crippen LogP contribution in [0.1, 0.15) is 43.5 Å². The zero-order chi connectivity index (χ0) is 11.3. The summed E-state index contributed by atoms with van der Waals surface area (Å²) < 4.78 is 1.06. The van der Waals surface area contributed by atoms with E-state index >= 15 is 0 Å². The number of Topliss-reactive ketones (excluding diaryl/α,β-unsaturated/α-hetero) is 1. The lowest BCUT2D eigenvalue weighted by molar-refractivity contribution is 0.0977. The van der Waals surface area contributed by atoms with E-state index in [2.05, 4.69) is 36.4 Å². The van der Waals surface area contributed by atoms with E-state index in [-0.39, 0.29) is 5.78 Å². The van der Waals surface area contributed by atoms with Crippen molar-refractivity contribution in [2.75, 3.05) is 0 Å². The van der Waals surface area contributed by atoms with E-state index in [0.717, 1.165) is 22.0 Å². The highest BCUT2D eigenvalue weighted by molar-refractivity contribution is 14.1. The number of benzene rings is 1. The molecule has 0 spiro atoms. The Morgan fingerprint density at radius 2 is 2.00 bits per heavy atom. The van der Waals surface area contributed by atoms with E-state index < -0.39 is 0 Å². The number of rotatable bonds is 5. The van der Waals surface area contributed by atoms with Crippen LogP contribution in [0.3, 0.4) is 0 Å². The number of hydrogen-bond acceptors (Lipinski definition) is 1. The van der Waals surface area contributed by atoms with Crippen LogP contribution in [-0.2, 0) is 0 Å². The van der Waals surface area contributed by atoms with Crippen molar-refractivity contribution in [1.29, 1.82) is 0 Å². The molecule has 0 aliphatic rings. The summed E-state index contributed by atoms with van der Waals surface area (Å²) in [6.07, 6.45) is 2.81. The van der Waals surface area contributed by atoms with Crippen LogP contribution in [0.5, 0.6) is 0 Å². The molecule has 0 fully saturated rings. The van der Waals surface area contributed by atoms with Crippen LogP contribution in [0.25, 0.3) is 0 Å².